The van der Waals surface area contributed by atoms with Crippen molar-refractivity contribution in [1.29, 1.82) is 0 Å². The lowest BCUT2D eigenvalue weighted by molar-refractivity contribution is 0.214. The maximum Gasteiger partial charge on any atom is 0.273 e. The molecule has 0 N–H and O–H groups in total. The van der Waals surface area contributed by atoms with Crippen molar-refractivity contribution in [3.8, 4) is 5.19 Å². The van der Waals surface area contributed by atoms with E-state index in [1.165, 1.54) is 15.6 Å². The van der Waals surface area contributed by atoms with Gasteiger partial charge in [-0.2, -0.15) is 4.31 Å². The van der Waals surface area contributed by atoms with Crippen LogP contribution in [0, 0.1) is 0 Å². The quantitative estimate of drug-likeness (QED) is 0.717. The molecule has 2 aromatic carbocycles. The Morgan fingerprint density at radius 2 is 2.00 bits per heavy atom. The molecule has 124 valence electrons. The standard InChI is InChI=1S/C17H16N2O3S2/c20-24(21,16-7-3-5-13-4-1-2-6-15(13)16)19-10-8-14(12-19)22-17-18-9-11-23-17/h1-7,9,11,14H,8,10,12H2. The summed E-state index contributed by atoms with van der Waals surface area (Å²) in [5, 5.41) is 4.11. The summed E-state index contributed by atoms with van der Waals surface area (Å²) in [5.74, 6) is 0. The average Bonchev–Trinajstić information content (AvgIpc) is 3.27. The third-order valence-corrected chi connectivity index (χ3v) is 6.74. The molecule has 1 fully saturated rings. The first-order valence-corrected chi connectivity index (χ1v) is 10.0. The average molecular weight is 360 g/mol. The third kappa shape index (κ3) is 2.79. The van der Waals surface area contributed by atoms with Crippen molar-refractivity contribution in [2.75, 3.05) is 13.1 Å². The number of rotatable bonds is 4. The van der Waals surface area contributed by atoms with Gasteiger partial charge in [-0.3, -0.25) is 0 Å². The van der Waals surface area contributed by atoms with Crippen molar-refractivity contribution in [2.24, 2.45) is 0 Å². The zero-order valence-electron chi connectivity index (χ0n) is 12.8. The van der Waals surface area contributed by atoms with Crippen LogP contribution in [0.3, 0.4) is 0 Å². The van der Waals surface area contributed by atoms with Gasteiger partial charge in [0, 0.05) is 23.5 Å². The van der Waals surface area contributed by atoms with Crippen LogP contribution in [0.5, 0.6) is 5.19 Å². The van der Waals surface area contributed by atoms with Gasteiger partial charge in [-0.25, -0.2) is 13.4 Å². The molecule has 1 aromatic heterocycles. The van der Waals surface area contributed by atoms with Crippen LogP contribution < -0.4 is 4.74 Å². The van der Waals surface area contributed by atoms with Gasteiger partial charge in [-0.15, -0.1) is 0 Å². The van der Waals surface area contributed by atoms with E-state index in [9.17, 15) is 8.42 Å². The second kappa shape index (κ2) is 6.16. The molecule has 1 atom stereocenters. The molecule has 0 amide bonds. The molecule has 5 nitrogen and oxygen atoms in total. The minimum atomic E-state index is -3.54. The second-order valence-electron chi connectivity index (χ2n) is 5.67. The Bertz CT molecular complexity index is 950. The van der Waals surface area contributed by atoms with Crippen LogP contribution >= 0.6 is 11.3 Å². The maximum atomic E-state index is 13.1. The summed E-state index contributed by atoms with van der Waals surface area (Å²) in [5.41, 5.74) is 0. The number of nitrogens with zero attached hydrogens (tertiary/aromatic N) is 2. The van der Waals surface area contributed by atoms with E-state index < -0.39 is 10.0 Å². The number of fused-ring (bicyclic) bond motifs is 1. The Hall–Kier alpha value is -1.96. The summed E-state index contributed by atoms with van der Waals surface area (Å²) < 4.78 is 33.4. The lowest BCUT2D eigenvalue weighted by Crippen LogP contribution is -2.31. The molecule has 2 heterocycles. The Morgan fingerprint density at radius 1 is 1.17 bits per heavy atom. The highest BCUT2D eigenvalue weighted by atomic mass is 32.2. The predicted molar refractivity (Wildman–Crippen MR) is 93.9 cm³/mol. The zero-order valence-corrected chi connectivity index (χ0v) is 14.5. The largest absolute Gasteiger partial charge is 0.465 e. The van der Waals surface area contributed by atoms with Gasteiger partial charge < -0.3 is 4.74 Å². The summed E-state index contributed by atoms with van der Waals surface area (Å²) in [7, 11) is -3.54. The molecular formula is C17H16N2O3S2. The lowest BCUT2D eigenvalue weighted by Gasteiger charge is -2.18. The Morgan fingerprint density at radius 3 is 2.83 bits per heavy atom. The van der Waals surface area contributed by atoms with Gasteiger partial charge >= 0.3 is 0 Å². The lowest BCUT2D eigenvalue weighted by atomic mass is 10.1. The van der Waals surface area contributed by atoms with Crippen molar-refractivity contribution in [1.82, 2.24) is 9.29 Å². The third-order valence-electron chi connectivity index (χ3n) is 4.15. The number of sulfonamides is 1. The molecule has 1 aliphatic heterocycles. The molecule has 0 spiro atoms. The monoisotopic (exact) mass is 360 g/mol. The molecule has 7 heteroatoms. The van der Waals surface area contributed by atoms with Crippen LogP contribution in [-0.2, 0) is 10.0 Å². The van der Waals surface area contributed by atoms with Gasteiger partial charge in [0.05, 0.1) is 11.4 Å². The molecule has 24 heavy (non-hydrogen) atoms. The second-order valence-corrected chi connectivity index (χ2v) is 8.43. The first kappa shape index (κ1) is 15.6. The number of hydrogen-bond acceptors (Lipinski definition) is 5. The van der Waals surface area contributed by atoms with Crippen molar-refractivity contribution < 1.29 is 13.2 Å². The van der Waals surface area contributed by atoms with Crippen molar-refractivity contribution in [3.05, 3.63) is 54.0 Å². The van der Waals surface area contributed by atoms with Crippen LogP contribution in [0.4, 0.5) is 0 Å². The van der Waals surface area contributed by atoms with Crippen LogP contribution in [-0.4, -0.2) is 36.9 Å². The van der Waals surface area contributed by atoms with E-state index in [0.717, 1.165) is 10.8 Å². The predicted octanol–water partition coefficient (Wildman–Crippen LogP) is 3.14. The van der Waals surface area contributed by atoms with E-state index in [1.807, 2.05) is 35.7 Å². The topological polar surface area (TPSA) is 59.5 Å². The smallest absolute Gasteiger partial charge is 0.273 e. The van der Waals surface area contributed by atoms with Crippen LogP contribution in [0.25, 0.3) is 10.8 Å². The Labute approximate surface area is 144 Å². The highest BCUT2D eigenvalue weighted by Gasteiger charge is 2.34. The molecule has 1 saturated heterocycles. The minimum absolute atomic E-state index is 0.152. The number of hydrogen-bond donors (Lipinski definition) is 0. The Kier molecular flexibility index (Phi) is 3.99. The molecule has 1 unspecified atom stereocenters. The van der Waals surface area contributed by atoms with E-state index in [-0.39, 0.29) is 6.10 Å². The minimum Gasteiger partial charge on any atom is -0.465 e. The summed E-state index contributed by atoms with van der Waals surface area (Å²) in [4.78, 5) is 4.45. The van der Waals surface area contributed by atoms with E-state index in [4.69, 9.17) is 4.74 Å². The van der Waals surface area contributed by atoms with Gasteiger partial charge in [0.25, 0.3) is 5.19 Å². The van der Waals surface area contributed by atoms with Gasteiger partial charge in [0.1, 0.15) is 6.10 Å². The highest BCUT2D eigenvalue weighted by molar-refractivity contribution is 7.89. The van der Waals surface area contributed by atoms with E-state index >= 15 is 0 Å². The fraction of sp³-hybridized carbons (Fsp3) is 0.235. The molecule has 4 rings (SSSR count). The molecule has 0 bridgehead atoms. The van der Waals surface area contributed by atoms with Crippen molar-refractivity contribution in [3.63, 3.8) is 0 Å². The summed E-state index contributed by atoms with van der Waals surface area (Å²) in [6, 6.07) is 12.9. The van der Waals surface area contributed by atoms with E-state index in [1.54, 1.807) is 18.3 Å². The summed E-state index contributed by atoms with van der Waals surface area (Å²) in [6.45, 7) is 0.812. The number of aromatic nitrogens is 1. The number of thiazole rings is 1. The Balaban J connectivity index is 1.61. The van der Waals surface area contributed by atoms with Gasteiger partial charge in [0.2, 0.25) is 10.0 Å². The normalized spacial score (nSPS) is 18.9. The molecule has 1 aliphatic rings. The van der Waals surface area contributed by atoms with Crippen molar-refractivity contribution in [2.45, 2.75) is 17.4 Å². The molecular weight excluding hydrogens is 344 g/mol. The van der Waals surface area contributed by atoms with E-state index in [2.05, 4.69) is 4.98 Å². The van der Waals surface area contributed by atoms with Gasteiger partial charge in [-0.1, -0.05) is 47.7 Å². The first-order chi connectivity index (χ1) is 11.6. The van der Waals surface area contributed by atoms with Crippen LogP contribution in [0.15, 0.2) is 58.9 Å². The number of benzene rings is 2. The molecule has 0 aliphatic carbocycles. The number of ether oxygens (including phenoxy) is 1. The molecule has 3 aromatic rings. The zero-order chi connectivity index (χ0) is 16.6. The fourth-order valence-electron chi connectivity index (χ4n) is 2.98. The summed E-state index contributed by atoms with van der Waals surface area (Å²) >= 11 is 1.42. The first-order valence-electron chi connectivity index (χ1n) is 7.69. The van der Waals surface area contributed by atoms with Crippen molar-refractivity contribution >= 4 is 32.1 Å². The van der Waals surface area contributed by atoms with Crippen LogP contribution in [0.2, 0.25) is 0 Å². The van der Waals surface area contributed by atoms with Gasteiger partial charge in [-0.05, 0) is 17.9 Å². The van der Waals surface area contributed by atoms with Crippen LogP contribution in [0.1, 0.15) is 6.42 Å². The fourth-order valence-corrected chi connectivity index (χ4v) is 5.24. The van der Waals surface area contributed by atoms with E-state index in [0.29, 0.717) is 29.6 Å². The molecule has 0 radical (unpaired) electrons. The highest BCUT2D eigenvalue weighted by Crippen LogP contribution is 2.29. The molecule has 0 saturated carbocycles. The SMILES string of the molecule is O=S(=O)(c1cccc2ccccc12)N1CCC(Oc2nccs2)C1. The maximum absolute atomic E-state index is 13.1. The summed E-state index contributed by atoms with van der Waals surface area (Å²) in [6.07, 6.45) is 2.20. The van der Waals surface area contributed by atoms with Gasteiger partial charge in [0.15, 0.2) is 0 Å².